The van der Waals surface area contributed by atoms with Crippen molar-refractivity contribution in [3.05, 3.63) is 0 Å². The molecule has 0 saturated carbocycles. The molecule has 0 radical (unpaired) electrons. The molecule has 0 bridgehead atoms. The predicted molar refractivity (Wildman–Crippen MR) is 399 cm³/mol. The Morgan fingerprint density at radius 1 is 0.125 bits per heavy atom. The average Bonchev–Trinajstić information content (AvgIpc) is 3.51. The molecule has 0 rings (SSSR count). The molecule has 0 aromatic carbocycles. The van der Waals surface area contributed by atoms with Gasteiger partial charge in [-0.15, -0.1) is 0 Å². The highest BCUT2D eigenvalue weighted by molar-refractivity contribution is 4.57. The summed E-state index contributed by atoms with van der Waals surface area (Å²) in [6.07, 6.45) is 106. The van der Waals surface area contributed by atoms with Gasteiger partial charge in [0.2, 0.25) is 0 Å². The van der Waals surface area contributed by atoms with Crippen molar-refractivity contribution in [2.45, 2.75) is 490 Å². The van der Waals surface area contributed by atoms with E-state index < -0.39 is 0 Å². The Kier molecular flexibility index (Phi) is 90.5. The van der Waals surface area contributed by atoms with Crippen molar-refractivity contribution in [1.29, 1.82) is 0 Å². The highest BCUT2D eigenvalue weighted by Gasteiger charge is 2.15. The zero-order chi connectivity index (χ0) is 62.7. The summed E-state index contributed by atoms with van der Waals surface area (Å²) in [5.41, 5.74) is 0. The van der Waals surface area contributed by atoms with Gasteiger partial charge in [0.15, 0.2) is 0 Å². The predicted octanol–water partition coefficient (Wildman–Crippen LogP) is 24.3. The molecule has 0 heterocycles. The molecule has 0 aliphatic heterocycles. The molecule has 0 atom stereocenters. The fourth-order valence-electron chi connectivity index (χ4n) is 14.0. The fourth-order valence-corrected chi connectivity index (χ4v) is 14.0. The molecular formula is C84H176BrClN2. The summed E-state index contributed by atoms with van der Waals surface area (Å²) in [6.45, 7) is 14.8. The lowest BCUT2D eigenvalue weighted by molar-refractivity contribution is -0.890. The van der Waals surface area contributed by atoms with Gasteiger partial charge in [-0.2, -0.15) is 0 Å². The number of hydrogen-bond acceptors (Lipinski definition) is 0. The number of halogens is 2. The third kappa shape index (κ3) is 88.7. The van der Waals surface area contributed by atoms with E-state index in [-0.39, 0.29) is 29.4 Å². The van der Waals surface area contributed by atoms with Gasteiger partial charge in [-0.25, -0.2) is 0 Å². The zero-order valence-corrected chi connectivity index (χ0v) is 65.7. The summed E-state index contributed by atoms with van der Waals surface area (Å²) in [6, 6.07) is 0. The van der Waals surface area contributed by atoms with Crippen LogP contribution in [0.4, 0.5) is 0 Å². The third-order valence-corrected chi connectivity index (χ3v) is 20.5. The molecule has 2 nitrogen and oxygen atoms in total. The number of hydrogen-bond donors (Lipinski definition) is 0. The van der Waals surface area contributed by atoms with Crippen LogP contribution >= 0.6 is 0 Å². The first-order valence-corrected chi connectivity index (χ1v) is 41.9. The number of rotatable bonds is 76. The lowest BCUT2D eigenvalue weighted by Crippen LogP contribution is -3.00. The number of unbranched alkanes of at least 4 members (excludes halogenated alkanes) is 68. The van der Waals surface area contributed by atoms with Crippen LogP contribution in [0.2, 0.25) is 0 Å². The Morgan fingerprint density at radius 2 is 0.193 bits per heavy atom. The van der Waals surface area contributed by atoms with E-state index in [2.05, 4.69) is 55.9 Å². The Hall–Kier alpha value is 0.690. The lowest BCUT2D eigenvalue weighted by Gasteiger charge is -2.30. The molecule has 88 heavy (non-hydrogen) atoms. The molecule has 0 N–H and O–H groups in total. The zero-order valence-electron chi connectivity index (χ0n) is 63.4. The van der Waals surface area contributed by atoms with Crippen LogP contribution in [0.15, 0.2) is 0 Å². The molecule has 0 spiro atoms. The van der Waals surface area contributed by atoms with Crippen LogP contribution in [-0.4, -0.2) is 63.3 Å². The Labute approximate surface area is 579 Å². The second kappa shape index (κ2) is 83.8. The van der Waals surface area contributed by atoms with Gasteiger partial charge in [0.1, 0.15) is 0 Å². The topological polar surface area (TPSA) is 0 Å². The smallest absolute Gasteiger partial charge is 0.0782 e. The normalized spacial score (nSPS) is 11.7. The maximum atomic E-state index is 2.48. The SMILES string of the molecule is CCCCCCCCCCCCCCCCCCCCCC[N+](C)(C)CCCCCCCCCCCCCCCCCCCCCC.CCCCCCCCCCCCCCCCCC[N+](C)(C)CCCCCCCCCCCCCCCCCC.[Br-].[Cl-]. The van der Waals surface area contributed by atoms with Crippen molar-refractivity contribution in [3.8, 4) is 0 Å². The van der Waals surface area contributed by atoms with Gasteiger partial charge < -0.3 is 38.4 Å². The minimum atomic E-state index is 0. The van der Waals surface area contributed by atoms with E-state index in [0.717, 1.165) is 0 Å². The number of nitrogens with zero attached hydrogens (tertiary/aromatic N) is 2. The number of quaternary nitrogens is 2. The largest absolute Gasteiger partial charge is 1.00 e. The minimum Gasteiger partial charge on any atom is -1.00 e. The first-order chi connectivity index (χ1) is 42.2. The third-order valence-electron chi connectivity index (χ3n) is 20.5. The molecule has 0 saturated heterocycles. The molecule has 0 aliphatic carbocycles. The van der Waals surface area contributed by atoms with E-state index in [1.54, 1.807) is 0 Å². The summed E-state index contributed by atoms with van der Waals surface area (Å²) in [7, 11) is 9.89. The van der Waals surface area contributed by atoms with Crippen LogP contribution in [0.3, 0.4) is 0 Å². The Morgan fingerprint density at radius 3 is 0.273 bits per heavy atom. The molecule has 0 aliphatic rings. The summed E-state index contributed by atoms with van der Waals surface area (Å²) >= 11 is 0. The molecule has 0 amide bonds. The van der Waals surface area contributed by atoms with Gasteiger partial charge in [-0.3, -0.25) is 0 Å². The van der Waals surface area contributed by atoms with Crippen LogP contribution in [-0.2, 0) is 0 Å². The van der Waals surface area contributed by atoms with Crippen molar-refractivity contribution in [2.75, 3.05) is 54.4 Å². The van der Waals surface area contributed by atoms with E-state index in [9.17, 15) is 0 Å². The first kappa shape index (κ1) is 95.1. The maximum Gasteiger partial charge on any atom is 0.0782 e. The maximum absolute atomic E-state index is 2.48. The van der Waals surface area contributed by atoms with Crippen LogP contribution in [0.25, 0.3) is 0 Å². The standard InChI is InChI=1S/C46H96N.C38H80N.BrH.ClH/c1-5-7-9-11-13-15-17-19-21-23-25-27-29-31-33-35-37-39-41-43-45-47(3,4)46-44-42-40-38-36-34-32-30-28-26-24-22-20-18-16-14-12-10-8-6-2;1-5-7-9-11-13-15-17-19-21-23-25-27-29-31-33-35-37-39(3,4)38-36-34-32-30-28-26-24-22-20-18-16-14-12-10-8-6-2;;/h5-46H2,1-4H3;5-38H2,1-4H3;2*1H/q2*+1;;/p-2. The van der Waals surface area contributed by atoms with Crippen LogP contribution < -0.4 is 29.4 Å². The monoisotopic (exact) mass is 1330 g/mol. The highest BCUT2D eigenvalue weighted by Crippen LogP contribution is 2.21. The van der Waals surface area contributed by atoms with E-state index in [1.807, 2.05) is 0 Å². The second-order valence-corrected chi connectivity index (χ2v) is 30.8. The molecule has 536 valence electrons. The molecular weight excluding hydrogens is 1150 g/mol. The van der Waals surface area contributed by atoms with Crippen LogP contribution in [0.5, 0.6) is 0 Å². The summed E-state index contributed by atoms with van der Waals surface area (Å²) in [5.74, 6) is 0. The summed E-state index contributed by atoms with van der Waals surface area (Å²) in [5, 5.41) is 0. The van der Waals surface area contributed by atoms with Crippen molar-refractivity contribution in [2.24, 2.45) is 0 Å². The van der Waals surface area contributed by atoms with Crippen molar-refractivity contribution >= 4 is 0 Å². The molecule has 4 heteroatoms. The van der Waals surface area contributed by atoms with Gasteiger partial charge >= 0.3 is 0 Å². The lowest BCUT2D eigenvalue weighted by atomic mass is 10.0. The van der Waals surface area contributed by atoms with E-state index in [4.69, 9.17) is 0 Å². The summed E-state index contributed by atoms with van der Waals surface area (Å²) in [4.78, 5) is 0. The molecule has 0 aromatic rings. The van der Waals surface area contributed by atoms with Crippen LogP contribution in [0.1, 0.15) is 490 Å². The van der Waals surface area contributed by atoms with E-state index >= 15 is 0 Å². The summed E-state index contributed by atoms with van der Waals surface area (Å²) < 4.78 is 2.50. The molecule has 0 fully saturated rings. The van der Waals surface area contributed by atoms with Crippen LogP contribution in [0, 0.1) is 0 Å². The highest BCUT2D eigenvalue weighted by atomic mass is 79.9. The average molecular weight is 1330 g/mol. The minimum absolute atomic E-state index is 0. The quantitative estimate of drug-likeness (QED) is 0.0421. The van der Waals surface area contributed by atoms with E-state index in [1.165, 1.54) is 497 Å². The van der Waals surface area contributed by atoms with Gasteiger partial charge in [0, 0.05) is 0 Å². The first-order valence-electron chi connectivity index (χ1n) is 41.9. The second-order valence-electron chi connectivity index (χ2n) is 30.8. The van der Waals surface area contributed by atoms with Gasteiger partial charge in [0.05, 0.1) is 54.4 Å². The Bertz CT molecular complexity index is 1070. The Balaban J connectivity index is -0.000000797. The van der Waals surface area contributed by atoms with Gasteiger partial charge in [0.25, 0.3) is 0 Å². The van der Waals surface area contributed by atoms with Crippen molar-refractivity contribution < 1.29 is 38.4 Å². The van der Waals surface area contributed by atoms with Crippen molar-refractivity contribution in [1.82, 2.24) is 0 Å². The van der Waals surface area contributed by atoms with Crippen molar-refractivity contribution in [3.63, 3.8) is 0 Å². The molecule has 0 aromatic heterocycles. The molecule has 0 unspecified atom stereocenters. The van der Waals surface area contributed by atoms with Gasteiger partial charge in [-0.05, 0) is 51.4 Å². The van der Waals surface area contributed by atoms with Gasteiger partial charge in [-0.1, -0.05) is 439 Å². The fraction of sp³-hybridized carbons (Fsp3) is 1.00. The van der Waals surface area contributed by atoms with E-state index in [0.29, 0.717) is 0 Å².